The number of nitrogens with zero attached hydrogens (tertiary/aromatic N) is 3. The highest BCUT2D eigenvalue weighted by atomic mass is 35.6. The fourth-order valence-electron chi connectivity index (χ4n) is 1.29. The maximum Gasteiger partial charge on any atom is 0.270 e. The number of rotatable bonds is 2. The van der Waals surface area contributed by atoms with Gasteiger partial charge in [-0.3, -0.25) is 9.91 Å². The molecule has 0 aliphatic carbocycles. The van der Waals surface area contributed by atoms with Crippen molar-refractivity contribution in [2.75, 3.05) is 7.05 Å². The van der Waals surface area contributed by atoms with E-state index in [1.54, 1.807) is 16.2 Å². The molecule has 0 N–H and O–H groups in total. The minimum atomic E-state index is -1.41. The second-order valence-electron chi connectivity index (χ2n) is 2.95. The molecule has 1 heterocycles. The van der Waals surface area contributed by atoms with Crippen LogP contribution in [0.4, 0.5) is 0 Å². The largest absolute Gasteiger partial charge is 0.295 e. The van der Waals surface area contributed by atoms with Crippen LogP contribution in [0.3, 0.4) is 0 Å². The van der Waals surface area contributed by atoms with Crippen LogP contribution in [-0.4, -0.2) is 33.4 Å². The first-order chi connectivity index (χ1) is 5.96. The van der Waals surface area contributed by atoms with Gasteiger partial charge in [0.2, 0.25) is 0 Å². The van der Waals surface area contributed by atoms with E-state index in [1.807, 2.05) is 7.05 Å². The number of alkyl halides is 3. The van der Waals surface area contributed by atoms with E-state index < -0.39 is 3.92 Å². The first kappa shape index (κ1) is 11.2. The predicted molar refractivity (Wildman–Crippen MR) is 57.1 cm³/mol. The third-order valence-electron chi connectivity index (χ3n) is 1.95. The van der Waals surface area contributed by atoms with E-state index in [1.165, 1.54) is 0 Å². The Morgan fingerprint density at radius 1 is 1.46 bits per heavy atom. The molecule has 0 saturated carbocycles. The summed E-state index contributed by atoms with van der Waals surface area (Å²) in [5, 5.41) is 5.86. The van der Waals surface area contributed by atoms with E-state index in [-0.39, 0.29) is 6.17 Å². The molecule has 0 aromatic carbocycles. The SMILES string of the molecule is CCCC1N(C)N=CN1C(Cl)(Cl)Cl. The molecule has 13 heavy (non-hydrogen) atoms. The highest BCUT2D eigenvalue weighted by molar-refractivity contribution is 6.67. The summed E-state index contributed by atoms with van der Waals surface area (Å²) >= 11 is 17.3. The molecule has 1 atom stereocenters. The minimum Gasteiger partial charge on any atom is -0.295 e. The summed E-state index contributed by atoms with van der Waals surface area (Å²) in [6.45, 7) is 2.09. The molecule has 1 aliphatic rings. The van der Waals surface area contributed by atoms with Crippen LogP contribution in [0.15, 0.2) is 5.10 Å². The zero-order chi connectivity index (χ0) is 10.1. The fourth-order valence-corrected chi connectivity index (χ4v) is 1.76. The molecule has 0 aromatic heterocycles. The van der Waals surface area contributed by atoms with Crippen molar-refractivity contribution in [3.63, 3.8) is 0 Å². The van der Waals surface area contributed by atoms with Crippen molar-refractivity contribution >= 4 is 41.1 Å². The topological polar surface area (TPSA) is 18.8 Å². The summed E-state index contributed by atoms with van der Waals surface area (Å²) in [5.74, 6) is 0. The third kappa shape index (κ3) is 2.55. The molecule has 0 saturated heterocycles. The van der Waals surface area contributed by atoms with E-state index in [0.717, 1.165) is 12.8 Å². The molecule has 1 rings (SSSR count). The standard InChI is InChI=1S/C7H12Cl3N3/c1-3-4-6-12(2)11-5-13(6)7(8,9)10/h5-6H,3-4H2,1-2H3. The molecule has 0 radical (unpaired) electrons. The van der Waals surface area contributed by atoms with Gasteiger partial charge in [0.1, 0.15) is 12.5 Å². The number of hydrogen-bond donors (Lipinski definition) is 0. The van der Waals surface area contributed by atoms with Gasteiger partial charge in [0.15, 0.2) is 0 Å². The maximum absolute atomic E-state index is 5.77. The molecule has 0 amide bonds. The van der Waals surface area contributed by atoms with Crippen molar-refractivity contribution in [3.05, 3.63) is 0 Å². The van der Waals surface area contributed by atoms with Crippen molar-refractivity contribution in [1.29, 1.82) is 0 Å². The van der Waals surface area contributed by atoms with Gasteiger partial charge in [0.05, 0.1) is 0 Å². The second-order valence-corrected chi connectivity index (χ2v) is 5.17. The summed E-state index contributed by atoms with van der Waals surface area (Å²) in [6, 6.07) is 0. The lowest BCUT2D eigenvalue weighted by atomic mass is 10.2. The molecule has 76 valence electrons. The molecule has 0 fully saturated rings. The van der Waals surface area contributed by atoms with E-state index in [2.05, 4.69) is 12.0 Å². The summed E-state index contributed by atoms with van der Waals surface area (Å²) in [5.41, 5.74) is 0. The van der Waals surface area contributed by atoms with Crippen LogP contribution in [0.5, 0.6) is 0 Å². The fraction of sp³-hybridized carbons (Fsp3) is 0.857. The van der Waals surface area contributed by atoms with Gasteiger partial charge < -0.3 is 0 Å². The van der Waals surface area contributed by atoms with Crippen LogP contribution in [-0.2, 0) is 0 Å². The van der Waals surface area contributed by atoms with Crippen LogP contribution in [0.2, 0.25) is 0 Å². The smallest absolute Gasteiger partial charge is 0.270 e. The van der Waals surface area contributed by atoms with Crippen molar-refractivity contribution in [2.45, 2.75) is 29.8 Å². The first-order valence-electron chi connectivity index (χ1n) is 4.09. The van der Waals surface area contributed by atoms with Gasteiger partial charge in [-0.05, 0) is 6.42 Å². The Kier molecular flexibility index (Phi) is 3.55. The van der Waals surface area contributed by atoms with Crippen LogP contribution >= 0.6 is 34.8 Å². The summed E-state index contributed by atoms with van der Waals surface area (Å²) in [4.78, 5) is 1.63. The Bertz CT molecular complexity index is 202. The number of hydrazone groups is 1. The van der Waals surface area contributed by atoms with Gasteiger partial charge in [-0.15, -0.1) is 0 Å². The number of halogens is 3. The van der Waals surface area contributed by atoms with Gasteiger partial charge in [0.25, 0.3) is 3.92 Å². The predicted octanol–water partition coefficient (Wildman–Crippen LogP) is 2.63. The Balaban J connectivity index is 2.69. The summed E-state index contributed by atoms with van der Waals surface area (Å²) in [6.07, 6.45) is 3.56. The molecule has 1 aliphatic heterocycles. The van der Waals surface area contributed by atoms with Gasteiger partial charge in [-0.2, -0.15) is 5.10 Å². The van der Waals surface area contributed by atoms with Gasteiger partial charge >= 0.3 is 0 Å². The Morgan fingerprint density at radius 2 is 2.08 bits per heavy atom. The maximum atomic E-state index is 5.77. The van der Waals surface area contributed by atoms with E-state index in [0.29, 0.717) is 0 Å². The van der Waals surface area contributed by atoms with Crippen molar-refractivity contribution in [2.24, 2.45) is 5.10 Å². The second kappa shape index (κ2) is 4.11. The highest BCUT2D eigenvalue weighted by Crippen LogP contribution is 2.35. The van der Waals surface area contributed by atoms with Gasteiger partial charge in [0, 0.05) is 7.05 Å². The lowest BCUT2D eigenvalue weighted by Crippen LogP contribution is -2.44. The molecule has 1 unspecified atom stereocenters. The molecule has 3 nitrogen and oxygen atoms in total. The Morgan fingerprint density at radius 3 is 2.54 bits per heavy atom. The van der Waals surface area contributed by atoms with Crippen LogP contribution < -0.4 is 0 Å². The van der Waals surface area contributed by atoms with Crippen LogP contribution in [0.1, 0.15) is 19.8 Å². The zero-order valence-electron chi connectivity index (χ0n) is 7.54. The average Bonchev–Trinajstić information content (AvgIpc) is 2.32. The van der Waals surface area contributed by atoms with Gasteiger partial charge in [-0.25, -0.2) is 0 Å². The van der Waals surface area contributed by atoms with E-state index in [4.69, 9.17) is 34.8 Å². The first-order valence-corrected chi connectivity index (χ1v) is 5.22. The van der Waals surface area contributed by atoms with E-state index in [9.17, 15) is 0 Å². The lowest BCUT2D eigenvalue weighted by Gasteiger charge is -2.32. The molecular weight excluding hydrogens is 232 g/mol. The zero-order valence-corrected chi connectivity index (χ0v) is 9.81. The van der Waals surface area contributed by atoms with Crippen molar-refractivity contribution in [3.8, 4) is 0 Å². The van der Waals surface area contributed by atoms with Crippen molar-refractivity contribution in [1.82, 2.24) is 9.91 Å². The van der Waals surface area contributed by atoms with E-state index >= 15 is 0 Å². The highest BCUT2D eigenvalue weighted by Gasteiger charge is 2.37. The van der Waals surface area contributed by atoms with Gasteiger partial charge in [-0.1, -0.05) is 48.1 Å². The molecule has 0 aromatic rings. The molecule has 6 heteroatoms. The lowest BCUT2D eigenvalue weighted by molar-refractivity contribution is 0.148. The van der Waals surface area contributed by atoms with Crippen LogP contribution in [0.25, 0.3) is 0 Å². The summed E-state index contributed by atoms with van der Waals surface area (Å²) < 4.78 is -1.41. The Hall–Kier alpha value is 0.140. The minimum absolute atomic E-state index is 0.0532. The monoisotopic (exact) mass is 243 g/mol. The Labute approximate surface area is 93.2 Å². The molecule has 0 spiro atoms. The molecule has 0 bridgehead atoms. The summed E-state index contributed by atoms with van der Waals surface area (Å²) in [7, 11) is 1.87. The molecular formula is C7H12Cl3N3. The quantitative estimate of drug-likeness (QED) is 0.549. The number of hydrogen-bond acceptors (Lipinski definition) is 3. The average molecular weight is 245 g/mol. The normalized spacial score (nSPS) is 23.0. The van der Waals surface area contributed by atoms with Crippen LogP contribution in [0, 0.1) is 0 Å². The third-order valence-corrected chi connectivity index (χ3v) is 2.54. The van der Waals surface area contributed by atoms with Crippen molar-refractivity contribution < 1.29 is 0 Å².